The Hall–Kier alpha value is -4.20. The Morgan fingerprint density at radius 1 is 0.889 bits per heavy atom. The molecular weight excluding hydrogens is 463 g/mol. The zero-order chi connectivity index (χ0) is 25.4. The second-order valence-corrected chi connectivity index (χ2v) is 8.71. The van der Waals surface area contributed by atoms with Crippen LogP contribution in [0.25, 0.3) is 28.3 Å². The molecule has 5 rings (SSSR count). The number of halogens is 3. The third-order valence-corrected chi connectivity index (χ3v) is 6.28. The van der Waals surface area contributed by atoms with Crippen LogP contribution in [0.5, 0.6) is 0 Å². The number of pyridine rings is 1. The Balaban J connectivity index is 1.67. The SMILES string of the molecule is Cc1c(-c2nc3c(C)cccn3c2-c2ccnc(N[C@@H](C)c3ccccc3)n2)cccc1C(F)(F)F. The number of hydrogen-bond donors (Lipinski definition) is 1. The van der Waals surface area contributed by atoms with Crippen LogP contribution in [0.4, 0.5) is 19.1 Å². The van der Waals surface area contributed by atoms with E-state index in [4.69, 9.17) is 9.97 Å². The first-order chi connectivity index (χ1) is 17.2. The molecule has 0 aliphatic heterocycles. The van der Waals surface area contributed by atoms with E-state index < -0.39 is 11.7 Å². The van der Waals surface area contributed by atoms with Gasteiger partial charge in [-0.25, -0.2) is 15.0 Å². The van der Waals surface area contributed by atoms with Gasteiger partial charge in [0, 0.05) is 18.0 Å². The van der Waals surface area contributed by atoms with Gasteiger partial charge in [0.25, 0.3) is 0 Å². The molecule has 0 aliphatic rings. The Kier molecular flexibility index (Phi) is 5.96. The van der Waals surface area contributed by atoms with Crippen molar-refractivity contribution in [2.75, 3.05) is 5.32 Å². The minimum absolute atomic E-state index is 0.0453. The normalized spacial score (nSPS) is 12.6. The zero-order valence-electron chi connectivity index (χ0n) is 20.0. The summed E-state index contributed by atoms with van der Waals surface area (Å²) >= 11 is 0. The summed E-state index contributed by atoms with van der Waals surface area (Å²) in [4.78, 5) is 13.9. The second-order valence-electron chi connectivity index (χ2n) is 8.71. The van der Waals surface area contributed by atoms with Crippen LogP contribution in [0.1, 0.15) is 35.2 Å². The van der Waals surface area contributed by atoms with Crippen molar-refractivity contribution in [2.45, 2.75) is 33.0 Å². The molecule has 0 radical (unpaired) electrons. The number of hydrogen-bond acceptors (Lipinski definition) is 4. The van der Waals surface area contributed by atoms with Gasteiger partial charge in [0.2, 0.25) is 5.95 Å². The zero-order valence-corrected chi connectivity index (χ0v) is 20.0. The van der Waals surface area contributed by atoms with E-state index in [9.17, 15) is 13.2 Å². The lowest BCUT2D eigenvalue weighted by Crippen LogP contribution is -2.10. The molecule has 36 heavy (non-hydrogen) atoms. The third kappa shape index (κ3) is 4.30. The molecule has 0 fully saturated rings. The fourth-order valence-corrected chi connectivity index (χ4v) is 4.41. The minimum Gasteiger partial charge on any atom is -0.348 e. The number of nitrogens with one attached hydrogen (secondary N) is 1. The maximum atomic E-state index is 13.7. The molecule has 1 atom stereocenters. The van der Waals surface area contributed by atoms with Crippen molar-refractivity contribution in [3.8, 4) is 22.6 Å². The number of benzene rings is 2. The highest BCUT2D eigenvalue weighted by atomic mass is 19.4. The summed E-state index contributed by atoms with van der Waals surface area (Å²) in [5.41, 5.74) is 4.09. The monoisotopic (exact) mass is 487 g/mol. The molecule has 5 aromatic rings. The van der Waals surface area contributed by atoms with Gasteiger partial charge in [0.1, 0.15) is 5.65 Å². The van der Waals surface area contributed by atoms with E-state index in [1.165, 1.54) is 13.0 Å². The van der Waals surface area contributed by atoms with Crippen molar-refractivity contribution in [1.29, 1.82) is 0 Å². The molecule has 8 heteroatoms. The van der Waals surface area contributed by atoms with Crippen molar-refractivity contribution in [2.24, 2.45) is 0 Å². The molecule has 0 amide bonds. The summed E-state index contributed by atoms with van der Waals surface area (Å²) in [7, 11) is 0. The molecule has 0 saturated carbocycles. The quantitative estimate of drug-likeness (QED) is 0.283. The van der Waals surface area contributed by atoms with Crippen molar-refractivity contribution < 1.29 is 13.2 Å². The fraction of sp³-hybridized carbons (Fsp3) is 0.179. The van der Waals surface area contributed by atoms with Crippen LogP contribution in [-0.2, 0) is 6.18 Å². The summed E-state index contributed by atoms with van der Waals surface area (Å²) in [6, 6.07) is 19.6. The summed E-state index contributed by atoms with van der Waals surface area (Å²) in [5, 5.41) is 3.32. The largest absolute Gasteiger partial charge is 0.416 e. The van der Waals surface area contributed by atoms with Gasteiger partial charge < -0.3 is 5.32 Å². The lowest BCUT2D eigenvalue weighted by atomic mass is 9.98. The molecule has 5 nitrogen and oxygen atoms in total. The van der Waals surface area contributed by atoms with Crippen LogP contribution in [0.15, 0.2) is 79.1 Å². The molecule has 2 aromatic carbocycles. The van der Waals surface area contributed by atoms with E-state index in [1.54, 1.807) is 18.3 Å². The van der Waals surface area contributed by atoms with Gasteiger partial charge in [0.05, 0.1) is 28.7 Å². The first kappa shape index (κ1) is 23.5. The van der Waals surface area contributed by atoms with Crippen LogP contribution in [0, 0.1) is 13.8 Å². The molecular formula is C28H24F3N5. The van der Waals surface area contributed by atoms with Crippen LogP contribution in [0.2, 0.25) is 0 Å². The molecule has 0 unspecified atom stereocenters. The van der Waals surface area contributed by atoms with Gasteiger partial charge in [-0.3, -0.25) is 4.40 Å². The number of aryl methyl sites for hydroxylation is 1. The number of fused-ring (bicyclic) bond motifs is 1. The van der Waals surface area contributed by atoms with E-state index in [0.717, 1.165) is 17.2 Å². The van der Waals surface area contributed by atoms with E-state index in [1.807, 2.05) is 66.9 Å². The number of aromatic nitrogens is 4. The van der Waals surface area contributed by atoms with Gasteiger partial charge in [-0.15, -0.1) is 0 Å². The number of anilines is 1. The van der Waals surface area contributed by atoms with Gasteiger partial charge in [-0.1, -0.05) is 48.5 Å². The molecule has 0 aliphatic carbocycles. The van der Waals surface area contributed by atoms with Crippen molar-refractivity contribution >= 4 is 11.6 Å². The highest BCUT2D eigenvalue weighted by molar-refractivity contribution is 5.83. The first-order valence-electron chi connectivity index (χ1n) is 11.5. The maximum Gasteiger partial charge on any atom is 0.416 e. The molecule has 3 aromatic heterocycles. The summed E-state index contributed by atoms with van der Waals surface area (Å²) in [6.45, 7) is 5.41. The van der Waals surface area contributed by atoms with E-state index in [-0.39, 0.29) is 11.6 Å². The first-order valence-corrected chi connectivity index (χ1v) is 11.5. The van der Waals surface area contributed by atoms with Crippen LogP contribution in [-0.4, -0.2) is 19.4 Å². The van der Waals surface area contributed by atoms with Gasteiger partial charge >= 0.3 is 6.18 Å². The third-order valence-electron chi connectivity index (χ3n) is 6.28. The average Bonchev–Trinajstić information content (AvgIpc) is 3.25. The molecule has 182 valence electrons. The van der Waals surface area contributed by atoms with Crippen molar-refractivity contribution in [3.05, 3.63) is 101 Å². The van der Waals surface area contributed by atoms with Crippen LogP contribution < -0.4 is 5.32 Å². The standard InChI is InChI=1S/C28H24F3N5/c1-17-9-8-16-36-25(23-14-15-32-27(34-23)33-19(3)20-10-5-4-6-11-20)24(35-26(17)36)21-12-7-13-22(18(21)2)28(29,30)31/h4-16,19H,1-3H3,(H,32,33,34)/t19-/m0/s1. The Labute approximate surface area is 206 Å². The maximum absolute atomic E-state index is 13.7. The molecule has 1 N–H and O–H groups in total. The number of nitrogens with zero attached hydrogens (tertiary/aromatic N) is 4. The van der Waals surface area contributed by atoms with Crippen LogP contribution >= 0.6 is 0 Å². The summed E-state index contributed by atoms with van der Waals surface area (Å²) < 4.78 is 43.0. The number of rotatable bonds is 5. The predicted octanol–water partition coefficient (Wildman–Crippen LogP) is 7.27. The predicted molar refractivity (Wildman–Crippen MR) is 135 cm³/mol. The molecule has 0 saturated heterocycles. The average molecular weight is 488 g/mol. The van der Waals surface area contributed by atoms with Crippen LogP contribution in [0.3, 0.4) is 0 Å². The van der Waals surface area contributed by atoms with Crippen molar-refractivity contribution in [3.63, 3.8) is 0 Å². The van der Waals surface area contributed by atoms with Crippen molar-refractivity contribution in [1.82, 2.24) is 19.4 Å². The van der Waals surface area contributed by atoms with Gasteiger partial charge in [0.15, 0.2) is 0 Å². The topological polar surface area (TPSA) is 55.1 Å². The minimum atomic E-state index is -4.46. The van der Waals surface area contributed by atoms with E-state index in [2.05, 4.69) is 10.3 Å². The number of imidazole rings is 1. The molecule has 0 spiro atoms. The Morgan fingerprint density at radius 3 is 2.42 bits per heavy atom. The summed E-state index contributed by atoms with van der Waals surface area (Å²) in [6.07, 6.45) is -0.978. The lowest BCUT2D eigenvalue weighted by molar-refractivity contribution is -0.138. The van der Waals surface area contributed by atoms with Gasteiger partial charge in [-0.05, 0) is 55.7 Å². The Morgan fingerprint density at radius 2 is 1.67 bits per heavy atom. The molecule has 3 heterocycles. The molecule has 0 bridgehead atoms. The van der Waals surface area contributed by atoms with Gasteiger partial charge in [-0.2, -0.15) is 13.2 Å². The Bertz CT molecular complexity index is 1540. The lowest BCUT2D eigenvalue weighted by Gasteiger charge is -2.15. The smallest absolute Gasteiger partial charge is 0.348 e. The summed E-state index contributed by atoms with van der Waals surface area (Å²) in [5.74, 6) is 0.415. The highest BCUT2D eigenvalue weighted by Gasteiger charge is 2.34. The van der Waals surface area contributed by atoms with E-state index >= 15 is 0 Å². The second kappa shape index (κ2) is 9.11. The van der Waals surface area contributed by atoms with E-state index in [0.29, 0.717) is 34.2 Å². The number of alkyl halides is 3. The fourth-order valence-electron chi connectivity index (χ4n) is 4.41. The highest BCUT2D eigenvalue weighted by Crippen LogP contribution is 2.39.